The van der Waals surface area contributed by atoms with E-state index in [1.54, 1.807) is 0 Å². The average molecular weight is 214 g/mol. The molecule has 1 unspecified atom stereocenters. The number of hydrogen-bond acceptors (Lipinski definition) is 3. The Hall–Kier alpha value is -0.120. The van der Waals surface area contributed by atoms with E-state index in [4.69, 9.17) is 4.74 Å². The van der Waals surface area contributed by atoms with Crippen molar-refractivity contribution in [2.24, 2.45) is 0 Å². The van der Waals surface area contributed by atoms with E-state index in [0.717, 1.165) is 32.7 Å². The first-order valence-corrected chi connectivity index (χ1v) is 6.18. The summed E-state index contributed by atoms with van der Waals surface area (Å²) in [6, 6.07) is 0.610. The Balaban J connectivity index is 1.92. The summed E-state index contributed by atoms with van der Waals surface area (Å²) in [6.45, 7) is 10.7. The van der Waals surface area contributed by atoms with Crippen molar-refractivity contribution in [1.82, 2.24) is 10.6 Å². The molecule has 1 atom stereocenters. The van der Waals surface area contributed by atoms with Crippen LogP contribution in [0.25, 0.3) is 0 Å². The second kappa shape index (κ2) is 6.46. The fourth-order valence-corrected chi connectivity index (χ4v) is 1.84. The number of hydrogen-bond donors (Lipinski definition) is 2. The van der Waals surface area contributed by atoms with Gasteiger partial charge in [-0.25, -0.2) is 0 Å². The van der Waals surface area contributed by atoms with E-state index in [9.17, 15) is 0 Å². The topological polar surface area (TPSA) is 33.3 Å². The minimum Gasteiger partial charge on any atom is -0.379 e. The predicted octanol–water partition coefficient (Wildman–Crippen LogP) is 1.53. The summed E-state index contributed by atoms with van der Waals surface area (Å²) in [5.74, 6) is 0. The second-order valence-electron chi connectivity index (χ2n) is 5.11. The molecule has 0 aromatic carbocycles. The molecule has 3 heteroatoms. The summed E-state index contributed by atoms with van der Waals surface area (Å²) >= 11 is 0. The highest BCUT2D eigenvalue weighted by molar-refractivity contribution is 4.86. The van der Waals surface area contributed by atoms with Crippen molar-refractivity contribution >= 4 is 0 Å². The molecule has 0 spiro atoms. The third kappa shape index (κ3) is 5.50. The van der Waals surface area contributed by atoms with Gasteiger partial charge in [0.2, 0.25) is 0 Å². The highest BCUT2D eigenvalue weighted by Crippen LogP contribution is 2.17. The lowest BCUT2D eigenvalue weighted by atomic mass is 10.0. The van der Waals surface area contributed by atoms with Gasteiger partial charge in [-0.05, 0) is 39.3 Å². The molecule has 0 radical (unpaired) electrons. The van der Waals surface area contributed by atoms with Gasteiger partial charge in [0.05, 0.1) is 6.61 Å². The molecule has 2 N–H and O–H groups in total. The van der Waals surface area contributed by atoms with Gasteiger partial charge in [-0.1, -0.05) is 13.8 Å². The molecule has 0 aromatic heterocycles. The van der Waals surface area contributed by atoms with Crippen molar-refractivity contribution in [2.45, 2.75) is 51.6 Å². The maximum Gasteiger partial charge on any atom is 0.0646 e. The molecule has 15 heavy (non-hydrogen) atoms. The summed E-state index contributed by atoms with van der Waals surface area (Å²) in [5, 5.41) is 7.02. The van der Waals surface area contributed by atoms with Gasteiger partial charge in [0.25, 0.3) is 0 Å². The van der Waals surface area contributed by atoms with Crippen LogP contribution in [0.2, 0.25) is 0 Å². The maximum absolute atomic E-state index is 5.39. The van der Waals surface area contributed by atoms with E-state index in [1.807, 2.05) is 0 Å². The van der Waals surface area contributed by atoms with Crippen LogP contribution in [0.4, 0.5) is 0 Å². The molecule has 90 valence electrons. The Bertz CT molecular complexity index is 165. The van der Waals surface area contributed by atoms with E-state index < -0.39 is 0 Å². The highest BCUT2D eigenvalue weighted by atomic mass is 16.5. The first-order chi connectivity index (χ1) is 7.12. The van der Waals surface area contributed by atoms with E-state index in [-0.39, 0.29) is 5.54 Å². The molecule has 0 aliphatic carbocycles. The van der Waals surface area contributed by atoms with Crippen LogP contribution in [-0.2, 0) is 4.74 Å². The molecule has 1 rings (SSSR count). The standard InChI is InChI=1S/C12H26N2O/c1-11(2)13-7-4-5-8-14-12(3)6-9-15-10-12/h11,13-14H,4-10H2,1-3H3. The summed E-state index contributed by atoms with van der Waals surface area (Å²) in [6.07, 6.45) is 3.65. The SMILES string of the molecule is CC(C)NCCCCNC1(C)CCOC1. The van der Waals surface area contributed by atoms with Gasteiger partial charge >= 0.3 is 0 Å². The highest BCUT2D eigenvalue weighted by Gasteiger charge is 2.28. The van der Waals surface area contributed by atoms with Crippen LogP contribution < -0.4 is 10.6 Å². The smallest absolute Gasteiger partial charge is 0.0646 e. The third-order valence-corrected chi connectivity index (χ3v) is 2.93. The zero-order valence-electron chi connectivity index (χ0n) is 10.4. The molecule has 0 amide bonds. The van der Waals surface area contributed by atoms with E-state index in [2.05, 4.69) is 31.4 Å². The van der Waals surface area contributed by atoms with Crippen molar-refractivity contribution in [3.05, 3.63) is 0 Å². The Kier molecular flexibility index (Phi) is 5.58. The zero-order chi connectivity index (χ0) is 11.1. The quantitative estimate of drug-likeness (QED) is 0.631. The van der Waals surface area contributed by atoms with Crippen LogP contribution in [0, 0.1) is 0 Å². The van der Waals surface area contributed by atoms with Crippen molar-refractivity contribution in [1.29, 1.82) is 0 Å². The lowest BCUT2D eigenvalue weighted by Gasteiger charge is -2.23. The van der Waals surface area contributed by atoms with Gasteiger partial charge in [0, 0.05) is 18.2 Å². The maximum atomic E-state index is 5.39. The summed E-state index contributed by atoms with van der Waals surface area (Å²) < 4.78 is 5.39. The molecular weight excluding hydrogens is 188 g/mol. The zero-order valence-corrected chi connectivity index (χ0v) is 10.4. The van der Waals surface area contributed by atoms with E-state index in [1.165, 1.54) is 12.8 Å². The van der Waals surface area contributed by atoms with Crippen LogP contribution in [0.1, 0.15) is 40.0 Å². The average Bonchev–Trinajstić information content (AvgIpc) is 2.58. The summed E-state index contributed by atoms with van der Waals surface area (Å²) in [7, 11) is 0. The second-order valence-corrected chi connectivity index (χ2v) is 5.11. The van der Waals surface area contributed by atoms with Crippen LogP contribution in [0.3, 0.4) is 0 Å². The largest absolute Gasteiger partial charge is 0.379 e. The van der Waals surface area contributed by atoms with Gasteiger partial charge in [0.1, 0.15) is 0 Å². The van der Waals surface area contributed by atoms with Crippen molar-refractivity contribution in [2.75, 3.05) is 26.3 Å². The van der Waals surface area contributed by atoms with Gasteiger partial charge in [-0.3, -0.25) is 0 Å². The fourth-order valence-electron chi connectivity index (χ4n) is 1.84. The van der Waals surface area contributed by atoms with Crippen molar-refractivity contribution in [3.8, 4) is 0 Å². The van der Waals surface area contributed by atoms with Crippen molar-refractivity contribution in [3.63, 3.8) is 0 Å². The van der Waals surface area contributed by atoms with Crippen LogP contribution in [0.15, 0.2) is 0 Å². The van der Waals surface area contributed by atoms with Crippen LogP contribution >= 0.6 is 0 Å². The molecule has 1 aliphatic heterocycles. The first-order valence-electron chi connectivity index (χ1n) is 6.18. The normalized spacial score (nSPS) is 26.4. The third-order valence-electron chi connectivity index (χ3n) is 2.93. The minimum absolute atomic E-state index is 0.242. The summed E-state index contributed by atoms with van der Waals surface area (Å²) in [5.41, 5.74) is 0.242. The monoisotopic (exact) mass is 214 g/mol. The van der Waals surface area contributed by atoms with Gasteiger partial charge in [-0.2, -0.15) is 0 Å². The molecule has 1 heterocycles. The predicted molar refractivity (Wildman–Crippen MR) is 64.2 cm³/mol. The van der Waals surface area contributed by atoms with Crippen molar-refractivity contribution < 1.29 is 4.74 Å². The van der Waals surface area contributed by atoms with Crippen LogP contribution in [-0.4, -0.2) is 37.9 Å². The minimum atomic E-state index is 0.242. The molecule has 0 aromatic rings. The molecule has 0 bridgehead atoms. The fraction of sp³-hybridized carbons (Fsp3) is 1.00. The Morgan fingerprint density at radius 2 is 2.00 bits per heavy atom. The van der Waals surface area contributed by atoms with Gasteiger partial charge in [-0.15, -0.1) is 0 Å². The number of unbranched alkanes of at least 4 members (excludes halogenated alkanes) is 1. The lowest BCUT2D eigenvalue weighted by molar-refractivity contribution is 0.171. The summed E-state index contributed by atoms with van der Waals surface area (Å²) in [4.78, 5) is 0. The molecule has 1 fully saturated rings. The molecule has 3 nitrogen and oxygen atoms in total. The van der Waals surface area contributed by atoms with Gasteiger partial charge < -0.3 is 15.4 Å². The Morgan fingerprint density at radius 3 is 2.60 bits per heavy atom. The number of rotatable bonds is 7. The van der Waals surface area contributed by atoms with Crippen LogP contribution in [0.5, 0.6) is 0 Å². The Labute approximate surface area is 94.0 Å². The number of nitrogens with one attached hydrogen (secondary N) is 2. The lowest BCUT2D eigenvalue weighted by Crippen LogP contribution is -2.43. The van der Waals surface area contributed by atoms with E-state index in [0.29, 0.717) is 6.04 Å². The van der Waals surface area contributed by atoms with Gasteiger partial charge in [0.15, 0.2) is 0 Å². The molecule has 1 saturated heterocycles. The Morgan fingerprint density at radius 1 is 1.27 bits per heavy atom. The number of ether oxygens (including phenoxy) is 1. The first kappa shape index (κ1) is 12.9. The molecule has 1 aliphatic rings. The molecular formula is C12H26N2O. The van der Waals surface area contributed by atoms with E-state index >= 15 is 0 Å². The molecule has 0 saturated carbocycles.